The number of nitrogens with one attached hydrogen (secondary N) is 1. The van der Waals surface area contributed by atoms with Crippen LogP contribution in [-0.4, -0.2) is 38.6 Å². The minimum atomic E-state index is 0.0319. The maximum atomic E-state index is 8.71. The predicted octanol–water partition coefficient (Wildman–Crippen LogP) is 3.79. The van der Waals surface area contributed by atoms with Gasteiger partial charge in [0.05, 0.1) is 26.9 Å². The minimum absolute atomic E-state index is 0.0319. The molecule has 2 rings (SSSR count). The van der Waals surface area contributed by atoms with Crippen molar-refractivity contribution in [1.82, 2.24) is 5.32 Å². The van der Waals surface area contributed by atoms with Crippen molar-refractivity contribution in [2.75, 3.05) is 33.5 Å². The Kier molecular flexibility index (Phi) is 9.22. The molecule has 0 heterocycles. The van der Waals surface area contributed by atoms with Crippen LogP contribution in [0.3, 0.4) is 0 Å². The van der Waals surface area contributed by atoms with Gasteiger partial charge in [0.2, 0.25) is 0 Å². The van der Waals surface area contributed by atoms with Gasteiger partial charge in [0.15, 0.2) is 11.5 Å². The first kappa shape index (κ1) is 21.0. The molecule has 2 aromatic rings. The van der Waals surface area contributed by atoms with E-state index < -0.39 is 0 Å². The molecule has 2 aromatic carbocycles. The van der Waals surface area contributed by atoms with Gasteiger partial charge in [0.1, 0.15) is 6.61 Å². The number of methoxy groups -OCH3 is 1. The van der Waals surface area contributed by atoms with Gasteiger partial charge in [-0.1, -0.05) is 39.7 Å². The highest BCUT2D eigenvalue weighted by atomic mass is 79.9. The van der Waals surface area contributed by atoms with E-state index in [2.05, 4.69) is 21.2 Å². The Labute approximate surface area is 167 Å². The molecule has 5 nitrogen and oxygen atoms in total. The number of benzene rings is 2. The Bertz CT molecular complexity index is 682. The third kappa shape index (κ3) is 6.45. The SMILES string of the molecule is COc1ccc(Br)c(CNCCOCCO)c1OCc1ccc(Cl)cc1. The molecular formula is C19H23BrClNO4. The van der Waals surface area contributed by atoms with E-state index in [0.717, 1.165) is 15.6 Å². The first-order chi connectivity index (χ1) is 12.7. The number of aliphatic hydroxyl groups excluding tert-OH is 1. The summed E-state index contributed by atoms with van der Waals surface area (Å²) in [6.45, 7) is 2.58. The van der Waals surface area contributed by atoms with E-state index in [1.807, 2.05) is 36.4 Å². The molecule has 26 heavy (non-hydrogen) atoms. The van der Waals surface area contributed by atoms with Crippen molar-refractivity contribution in [3.63, 3.8) is 0 Å². The highest BCUT2D eigenvalue weighted by Gasteiger charge is 2.14. The Morgan fingerprint density at radius 1 is 1.12 bits per heavy atom. The molecule has 0 bridgehead atoms. The maximum absolute atomic E-state index is 8.71. The monoisotopic (exact) mass is 443 g/mol. The van der Waals surface area contributed by atoms with E-state index in [1.54, 1.807) is 7.11 Å². The topological polar surface area (TPSA) is 60.0 Å². The Hall–Kier alpha value is -1.31. The van der Waals surface area contributed by atoms with Crippen LogP contribution in [0.5, 0.6) is 11.5 Å². The van der Waals surface area contributed by atoms with Gasteiger partial charge in [0.25, 0.3) is 0 Å². The lowest BCUT2D eigenvalue weighted by molar-refractivity contribution is 0.0937. The molecule has 0 fully saturated rings. The van der Waals surface area contributed by atoms with Crippen LogP contribution >= 0.6 is 27.5 Å². The summed E-state index contributed by atoms with van der Waals surface area (Å²) >= 11 is 9.51. The highest BCUT2D eigenvalue weighted by Crippen LogP contribution is 2.36. The molecule has 0 aliphatic heterocycles. The summed E-state index contributed by atoms with van der Waals surface area (Å²) in [5.41, 5.74) is 1.99. The second-order valence-electron chi connectivity index (χ2n) is 5.49. The van der Waals surface area contributed by atoms with Gasteiger partial charge < -0.3 is 24.6 Å². The van der Waals surface area contributed by atoms with E-state index in [4.69, 9.17) is 30.9 Å². The zero-order valence-electron chi connectivity index (χ0n) is 14.6. The molecule has 0 saturated heterocycles. The second kappa shape index (κ2) is 11.4. The average molecular weight is 445 g/mol. The van der Waals surface area contributed by atoms with Gasteiger partial charge in [-0.15, -0.1) is 0 Å². The van der Waals surface area contributed by atoms with Gasteiger partial charge in [-0.25, -0.2) is 0 Å². The van der Waals surface area contributed by atoms with E-state index >= 15 is 0 Å². The van der Waals surface area contributed by atoms with Crippen molar-refractivity contribution >= 4 is 27.5 Å². The normalized spacial score (nSPS) is 10.8. The van der Waals surface area contributed by atoms with Gasteiger partial charge in [-0.2, -0.15) is 0 Å². The number of halogens is 2. The van der Waals surface area contributed by atoms with Crippen LogP contribution in [0.1, 0.15) is 11.1 Å². The van der Waals surface area contributed by atoms with Crippen molar-refractivity contribution < 1.29 is 19.3 Å². The van der Waals surface area contributed by atoms with E-state index in [1.165, 1.54) is 0 Å². The van der Waals surface area contributed by atoms with E-state index in [-0.39, 0.29) is 6.61 Å². The standard InChI is InChI=1S/C19H23BrClNO4/c1-24-18-7-6-17(20)16(12-22-8-10-25-11-9-23)19(18)26-13-14-2-4-15(21)5-3-14/h2-7,22-23H,8-13H2,1H3. The number of ether oxygens (including phenoxy) is 3. The smallest absolute Gasteiger partial charge is 0.167 e. The molecule has 7 heteroatoms. The fourth-order valence-corrected chi connectivity index (χ4v) is 2.90. The van der Waals surface area contributed by atoms with Gasteiger partial charge in [-0.05, 0) is 29.8 Å². The maximum Gasteiger partial charge on any atom is 0.167 e. The van der Waals surface area contributed by atoms with Gasteiger partial charge in [-0.3, -0.25) is 0 Å². The fourth-order valence-electron chi connectivity index (χ4n) is 2.33. The Morgan fingerprint density at radius 2 is 1.88 bits per heavy atom. The molecule has 0 aliphatic rings. The highest BCUT2D eigenvalue weighted by molar-refractivity contribution is 9.10. The number of aliphatic hydroxyl groups is 1. The molecule has 0 aromatic heterocycles. The van der Waals surface area contributed by atoms with Gasteiger partial charge >= 0.3 is 0 Å². The molecule has 0 radical (unpaired) electrons. The van der Waals surface area contributed by atoms with Crippen molar-refractivity contribution in [3.8, 4) is 11.5 Å². The molecule has 0 atom stereocenters. The summed E-state index contributed by atoms with van der Waals surface area (Å²) in [5, 5.41) is 12.7. The summed E-state index contributed by atoms with van der Waals surface area (Å²) < 4.78 is 17.7. The largest absolute Gasteiger partial charge is 0.493 e. The molecule has 142 valence electrons. The lowest BCUT2D eigenvalue weighted by Crippen LogP contribution is -2.20. The third-order valence-electron chi connectivity index (χ3n) is 3.64. The summed E-state index contributed by atoms with van der Waals surface area (Å²) in [5.74, 6) is 1.37. The predicted molar refractivity (Wildman–Crippen MR) is 106 cm³/mol. The molecule has 0 aliphatic carbocycles. The van der Waals surface area contributed by atoms with Crippen LogP contribution in [0.25, 0.3) is 0 Å². The van der Waals surface area contributed by atoms with Crippen LogP contribution in [0.2, 0.25) is 5.02 Å². The zero-order valence-corrected chi connectivity index (χ0v) is 17.0. The number of hydrogen-bond donors (Lipinski definition) is 2. The second-order valence-corrected chi connectivity index (χ2v) is 6.78. The van der Waals surface area contributed by atoms with Crippen LogP contribution in [0, 0.1) is 0 Å². The van der Waals surface area contributed by atoms with Crippen molar-refractivity contribution in [2.45, 2.75) is 13.2 Å². The summed E-state index contributed by atoms with van der Waals surface area (Å²) in [4.78, 5) is 0. The van der Waals surface area contributed by atoms with Crippen molar-refractivity contribution in [3.05, 3.63) is 57.0 Å². The third-order valence-corrected chi connectivity index (χ3v) is 4.64. The van der Waals surface area contributed by atoms with Crippen LogP contribution in [0.4, 0.5) is 0 Å². The quantitative estimate of drug-likeness (QED) is 0.516. The molecule has 0 spiro atoms. The average Bonchev–Trinajstić information content (AvgIpc) is 2.65. The minimum Gasteiger partial charge on any atom is -0.493 e. The summed E-state index contributed by atoms with van der Waals surface area (Å²) in [7, 11) is 1.62. The first-order valence-electron chi connectivity index (χ1n) is 8.27. The molecule has 0 amide bonds. The Balaban J connectivity index is 2.04. The van der Waals surface area contributed by atoms with E-state index in [9.17, 15) is 0 Å². The van der Waals surface area contributed by atoms with Crippen LogP contribution < -0.4 is 14.8 Å². The van der Waals surface area contributed by atoms with Crippen molar-refractivity contribution in [2.24, 2.45) is 0 Å². The molecular weight excluding hydrogens is 422 g/mol. The summed E-state index contributed by atoms with van der Waals surface area (Å²) in [6.07, 6.45) is 0. The first-order valence-corrected chi connectivity index (χ1v) is 9.44. The van der Waals surface area contributed by atoms with Crippen LogP contribution in [-0.2, 0) is 17.9 Å². The molecule has 2 N–H and O–H groups in total. The number of hydrogen-bond acceptors (Lipinski definition) is 5. The molecule has 0 unspecified atom stereocenters. The summed E-state index contributed by atoms with van der Waals surface area (Å²) in [6, 6.07) is 11.4. The lowest BCUT2D eigenvalue weighted by Gasteiger charge is -2.17. The fraction of sp³-hybridized carbons (Fsp3) is 0.368. The number of rotatable bonds is 11. The molecule has 0 saturated carbocycles. The van der Waals surface area contributed by atoms with Crippen LogP contribution in [0.15, 0.2) is 40.9 Å². The van der Waals surface area contributed by atoms with Gasteiger partial charge in [0, 0.05) is 28.1 Å². The Morgan fingerprint density at radius 3 is 2.58 bits per heavy atom. The van der Waals surface area contributed by atoms with Crippen molar-refractivity contribution in [1.29, 1.82) is 0 Å². The lowest BCUT2D eigenvalue weighted by atomic mass is 10.1. The van der Waals surface area contributed by atoms with E-state index in [0.29, 0.717) is 49.4 Å². The zero-order chi connectivity index (χ0) is 18.8.